The maximum Gasteiger partial charge on any atom is 0.203 e. The zero-order valence-electron chi connectivity index (χ0n) is 18.2. The fraction of sp³-hybridized carbons (Fsp3) is 0.333. The SMILES string of the molecule is COc1cc(COCC2(N(C)C)C=CC=C3C=CC=CC=C32)cc(OC)c1OC.Cl. The Morgan fingerprint density at radius 1 is 0.867 bits per heavy atom. The van der Waals surface area contributed by atoms with E-state index in [9.17, 15) is 0 Å². The minimum atomic E-state index is -0.344. The zero-order chi connectivity index (χ0) is 20.9. The van der Waals surface area contributed by atoms with E-state index in [1.807, 2.05) is 18.2 Å². The number of halogens is 1. The van der Waals surface area contributed by atoms with Gasteiger partial charge < -0.3 is 18.9 Å². The van der Waals surface area contributed by atoms with Gasteiger partial charge in [-0.2, -0.15) is 0 Å². The molecule has 6 heteroatoms. The molecule has 0 saturated carbocycles. The van der Waals surface area contributed by atoms with Gasteiger partial charge in [-0.1, -0.05) is 48.6 Å². The van der Waals surface area contributed by atoms with Crippen molar-refractivity contribution in [3.63, 3.8) is 0 Å². The lowest BCUT2D eigenvalue weighted by Crippen LogP contribution is -2.49. The second kappa shape index (κ2) is 10.5. The lowest BCUT2D eigenvalue weighted by molar-refractivity contribution is 0.0504. The molecule has 5 nitrogen and oxygen atoms in total. The van der Waals surface area contributed by atoms with E-state index in [0.717, 1.165) is 5.56 Å². The standard InChI is InChI=1S/C24H29NO4.ClH/c1-25(2)24(13-9-11-19-10-7-6-8-12-20(19)24)17-29-16-18-14-21(26-3)23(28-5)22(15-18)27-4;/h6-15H,16-17H2,1-5H3;1H. The van der Waals surface area contributed by atoms with Gasteiger partial charge in [0.2, 0.25) is 5.75 Å². The van der Waals surface area contributed by atoms with Crippen molar-refractivity contribution in [2.45, 2.75) is 12.1 Å². The molecule has 1 atom stereocenters. The molecule has 0 saturated heterocycles. The molecule has 0 heterocycles. The van der Waals surface area contributed by atoms with Crippen LogP contribution in [0.25, 0.3) is 0 Å². The van der Waals surface area contributed by atoms with Gasteiger partial charge in [-0.25, -0.2) is 0 Å². The summed E-state index contributed by atoms with van der Waals surface area (Å²) < 4.78 is 22.5. The minimum absolute atomic E-state index is 0. The van der Waals surface area contributed by atoms with Crippen molar-refractivity contribution in [2.24, 2.45) is 0 Å². The molecule has 2 aliphatic rings. The number of hydrogen-bond donors (Lipinski definition) is 0. The summed E-state index contributed by atoms with van der Waals surface area (Å²) in [6, 6.07) is 3.84. The van der Waals surface area contributed by atoms with Crippen LogP contribution in [0, 0.1) is 0 Å². The fourth-order valence-corrected chi connectivity index (χ4v) is 3.69. The second-order valence-corrected chi connectivity index (χ2v) is 7.15. The third kappa shape index (κ3) is 4.64. The Labute approximate surface area is 185 Å². The average molecular weight is 432 g/mol. The summed E-state index contributed by atoms with van der Waals surface area (Å²) in [5.41, 5.74) is 3.03. The molecule has 162 valence electrons. The van der Waals surface area contributed by atoms with E-state index in [1.165, 1.54) is 11.1 Å². The lowest BCUT2D eigenvalue weighted by atomic mass is 9.80. The van der Waals surface area contributed by atoms with Crippen molar-refractivity contribution >= 4 is 12.4 Å². The van der Waals surface area contributed by atoms with Crippen LogP contribution in [-0.2, 0) is 11.3 Å². The Morgan fingerprint density at radius 2 is 1.57 bits per heavy atom. The van der Waals surface area contributed by atoms with Crippen molar-refractivity contribution in [2.75, 3.05) is 42.0 Å². The number of methoxy groups -OCH3 is 3. The monoisotopic (exact) mass is 431 g/mol. The highest BCUT2D eigenvalue weighted by atomic mass is 35.5. The van der Waals surface area contributed by atoms with E-state index in [4.69, 9.17) is 18.9 Å². The molecule has 1 aromatic rings. The highest BCUT2D eigenvalue weighted by Gasteiger charge is 2.37. The van der Waals surface area contributed by atoms with Gasteiger partial charge in [0.25, 0.3) is 0 Å². The molecule has 0 aromatic heterocycles. The van der Waals surface area contributed by atoms with Crippen molar-refractivity contribution in [3.8, 4) is 17.2 Å². The van der Waals surface area contributed by atoms with Gasteiger partial charge in [-0.15, -0.1) is 12.4 Å². The predicted octanol–water partition coefficient (Wildman–Crippen LogP) is 4.50. The molecule has 0 fully saturated rings. The van der Waals surface area contributed by atoms with Crippen molar-refractivity contribution in [1.82, 2.24) is 4.90 Å². The van der Waals surface area contributed by atoms with Crippen LogP contribution in [0.3, 0.4) is 0 Å². The van der Waals surface area contributed by atoms with Crippen LogP contribution >= 0.6 is 12.4 Å². The molecular formula is C24H30ClNO4. The number of hydrogen-bond acceptors (Lipinski definition) is 5. The minimum Gasteiger partial charge on any atom is -0.493 e. The van der Waals surface area contributed by atoms with E-state index in [0.29, 0.717) is 30.5 Å². The van der Waals surface area contributed by atoms with Gasteiger partial charge in [0.15, 0.2) is 11.5 Å². The number of ether oxygens (including phenoxy) is 4. The zero-order valence-corrected chi connectivity index (χ0v) is 19.0. The van der Waals surface area contributed by atoms with Crippen LogP contribution in [0.4, 0.5) is 0 Å². The number of likely N-dealkylation sites (N-methyl/N-ethyl adjacent to an activating group) is 1. The molecule has 1 aromatic carbocycles. The summed E-state index contributed by atoms with van der Waals surface area (Å²) in [6.07, 6.45) is 16.9. The molecule has 0 N–H and O–H groups in total. The second-order valence-electron chi connectivity index (χ2n) is 7.15. The number of allylic oxidation sites excluding steroid dienone is 7. The van der Waals surface area contributed by atoms with Crippen LogP contribution in [0.15, 0.2) is 71.9 Å². The van der Waals surface area contributed by atoms with Gasteiger partial charge in [0, 0.05) is 0 Å². The molecular weight excluding hydrogens is 402 g/mol. The van der Waals surface area contributed by atoms with Gasteiger partial charge in [0.05, 0.1) is 40.1 Å². The first kappa shape index (κ1) is 23.8. The van der Waals surface area contributed by atoms with Crippen LogP contribution in [-0.4, -0.2) is 52.5 Å². The maximum absolute atomic E-state index is 6.23. The van der Waals surface area contributed by atoms with Gasteiger partial charge >= 0.3 is 0 Å². The Kier molecular flexibility index (Phi) is 8.35. The summed E-state index contributed by atoms with van der Waals surface area (Å²) in [4.78, 5) is 2.20. The fourth-order valence-electron chi connectivity index (χ4n) is 3.69. The Bertz CT molecular complexity index is 873. The van der Waals surface area contributed by atoms with Crippen molar-refractivity contribution in [3.05, 3.63) is 77.5 Å². The summed E-state index contributed by atoms with van der Waals surface area (Å²) >= 11 is 0. The van der Waals surface area contributed by atoms with Gasteiger partial charge in [-0.05, 0) is 42.9 Å². The van der Waals surface area contributed by atoms with E-state index in [2.05, 4.69) is 61.5 Å². The highest BCUT2D eigenvalue weighted by Crippen LogP contribution is 2.39. The first-order valence-electron chi connectivity index (χ1n) is 9.55. The molecule has 30 heavy (non-hydrogen) atoms. The van der Waals surface area contributed by atoms with Crippen molar-refractivity contribution < 1.29 is 18.9 Å². The summed E-state index contributed by atoms with van der Waals surface area (Å²) in [5.74, 6) is 1.82. The lowest BCUT2D eigenvalue weighted by Gasteiger charge is -2.41. The number of nitrogens with zero attached hydrogens (tertiary/aromatic N) is 1. The largest absolute Gasteiger partial charge is 0.493 e. The molecule has 1 unspecified atom stereocenters. The number of fused-ring (bicyclic) bond motifs is 1. The Hall–Kier alpha value is -2.47. The van der Waals surface area contributed by atoms with Crippen LogP contribution < -0.4 is 14.2 Å². The molecule has 0 spiro atoms. The van der Waals surface area contributed by atoms with E-state index in [1.54, 1.807) is 21.3 Å². The third-order valence-corrected chi connectivity index (χ3v) is 5.30. The first-order chi connectivity index (χ1) is 14.1. The number of benzene rings is 1. The smallest absolute Gasteiger partial charge is 0.203 e. The quantitative estimate of drug-likeness (QED) is 0.606. The van der Waals surface area contributed by atoms with E-state index >= 15 is 0 Å². The molecule has 2 aliphatic carbocycles. The topological polar surface area (TPSA) is 40.2 Å². The van der Waals surface area contributed by atoms with Crippen molar-refractivity contribution in [1.29, 1.82) is 0 Å². The average Bonchev–Trinajstić information content (AvgIpc) is 2.99. The summed E-state index contributed by atoms with van der Waals surface area (Å²) in [5, 5.41) is 0. The normalized spacial score (nSPS) is 19.4. The van der Waals surface area contributed by atoms with E-state index in [-0.39, 0.29) is 17.9 Å². The van der Waals surface area contributed by atoms with Gasteiger partial charge in [-0.3, -0.25) is 4.90 Å². The Morgan fingerprint density at radius 3 is 2.17 bits per heavy atom. The molecule has 0 amide bonds. The maximum atomic E-state index is 6.23. The first-order valence-corrected chi connectivity index (χ1v) is 9.55. The Balaban J connectivity index is 0.00000320. The van der Waals surface area contributed by atoms with E-state index < -0.39 is 0 Å². The van der Waals surface area contributed by atoms with Gasteiger partial charge in [0.1, 0.15) is 0 Å². The summed E-state index contributed by atoms with van der Waals surface area (Å²) in [7, 11) is 8.98. The van der Waals surface area contributed by atoms with Crippen LogP contribution in [0.1, 0.15) is 5.56 Å². The predicted molar refractivity (Wildman–Crippen MR) is 123 cm³/mol. The molecule has 0 bridgehead atoms. The highest BCUT2D eigenvalue weighted by molar-refractivity contribution is 5.85. The summed E-state index contributed by atoms with van der Waals surface area (Å²) in [6.45, 7) is 0.941. The number of rotatable bonds is 8. The van der Waals surface area contributed by atoms with Crippen LogP contribution in [0.5, 0.6) is 17.2 Å². The molecule has 3 rings (SSSR count). The third-order valence-electron chi connectivity index (χ3n) is 5.30. The molecule has 0 aliphatic heterocycles. The van der Waals surface area contributed by atoms with Crippen LogP contribution in [0.2, 0.25) is 0 Å². The molecule has 0 radical (unpaired) electrons.